The Bertz CT molecular complexity index is 687. The van der Waals surface area contributed by atoms with Gasteiger partial charge in [0, 0.05) is 38.3 Å². The number of halogens is 2. The molecule has 9 heteroatoms. The van der Waals surface area contributed by atoms with Crippen LogP contribution in [0.2, 0.25) is 0 Å². The van der Waals surface area contributed by atoms with E-state index in [0.717, 1.165) is 26.2 Å². The highest BCUT2D eigenvalue weighted by Crippen LogP contribution is 2.38. The maximum atomic E-state index is 12.8. The van der Waals surface area contributed by atoms with Gasteiger partial charge in [-0.2, -0.15) is 8.78 Å². The Kier molecular flexibility index (Phi) is 7.13. The van der Waals surface area contributed by atoms with E-state index in [-0.39, 0.29) is 19.1 Å². The van der Waals surface area contributed by atoms with E-state index in [0.29, 0.717) is 28.9 Å². The minimum Gasteiger partial charge on any atom is -0.454 e. The summed E-state index contributed by atoms with van der Waals surface area (Å²) in [6.07, 6.45) is 2.40. The molecule has 2 aliphatic heterocycles. The van der Waals surface area contributed by atoms with Crippen molar-refractivity contribution >= 4 is 5.96 Å². The molecule has 1 fully saturated rings. The Hall–Kier alpha value is -2.29. The standard InChI is InChI=1S/C19H28F2N4O3/c1-3-25-6-4-5-13(11-25)9-23-19(22-2)24-10-14-7-16-17(27-12-26-16)8-15(14)28-18(20)21/h7-8,13,18H,3-6,9-12H2,1-2H3,(H2,22,23,24). The fourth-order valence-electron chi connectivity index (χ4n) is 3.55. The fourth-order valence-corrected chi connectivity index (χ4v) is 3.55. The van der Waals surface area contributed by atoms with Gasteiger partial charge in [-0.1, -0.05) is 6.92 Å². The Balaban J connectivity index is 1.57. The number of nitrogens with zero attached hydrogens (tertiary/aromatic N) is 2. The third kappa shape index (κ3) is 5.37. The van der Waals surface area contributed by atoms with Gasteiger partial charge in [0.1, 0.15) is 5.75 Å². The third-order valence-corrected chi connectivity index (χ3v) is 5.05. The van der Waals surface area contributed by atoms with Gasteiger partial charge in [-0.3, -0.25) is 4.99 Å². The number of guanidine groups is 1. The summed E-state index contributed by atoms with van der Waals surface area (Å²) in [6.45, 7) is 3.73. The highest BCUT2D eigenvalue weighted by Gasteiger charge is 2.21. The lowest BCUT2D eigenvalue weighted by Gasteiger charge is -2.32. The third-order valence-electron chi connectivity index (χ3n) is 5.05. The molecule has 7 nitrogen and oxygen atoms in total. The van der Waals surface area contributed by atoms with Crippen LogP contribution < -0.4 is 24.8 Å². The summed E-state index contributed by atoms with van der Waals surface area (Å²) >= 11 is 0. The second-order valence-corrected chi connectivity index (χ2v) is 6.90. The highest BCUT2D eigenvalue weighted by molar-refractivity contribution is 5.79. The van der Waals surface area contributed by atoms with E-state index in [1.54, 1.807) is 13.1 Å². The second-order valence-electron chi connectivity index (χ2n) is 6.90. The zero-order valence-electron chi connectivity index (χ0n) is 16.3. The van der Waals surface area contributed by atoms with Gasteiger partial charge in [0.15, 0.2) is 17.5 Å². The Labute approximate surface area is 164 Å². The zero-order chi connectivity index (χ0) is 19.9. The molecule has 1 aromatic rings. The molecule has 1 aromatic carbocycles. The second kappa shape index (κ2) is 9.77. The number of likely N-dealkylation sites (tertiary alicyclic amines) is 1. The fraction of sp³-hybridized carbons (Fsp3) is 0.632. The maximum Gasteiger partial charge on any atom is 0.387 e. The van der Waals surface area contributed by atoms with E-state index < -0.39 is 6.61 Å². The summed E-state index contributed by atoms with van der Waals surface area (Å²) in [5, 5.41) is 6.49. The number of rotatable bonds is 7. The van der Waals surface area contributed by atoms with Crippen molar-refractivity contribution < 1.29 is 23.0 Å². The maximum absolute atomic E-state index is 12.8. The van der Waals surface area contributed by atoms with Crippen molar-refractivity contribution in [1.82, 2.24) is 15.5 Å². The molecular weight excluding hydrogens is 370 g/mol. The van der Waals surface area contributed by atoms with Crippen molar-refractivity contribution in [3.05, 3.63) is 17.7 Å². The minimum absolute atomic E-state index is 0.0630. The first kappa shape index (κ1) is 20.4. The van der Waals surface area contributed by atoms with E-state index in [2.05, 4.69) is 32.2 Å². The van der Waals surface area contributed by atoms with Crippen molar-refractivity contribution in [3.8, 4) is 17.2 Å². The van der Waals surface area contributed by atoms with Gasteiger partial charge < -0.3 is 29.7 Å². The van der Waals surface area contributed by atoms with Gasteiger partial charge >= 0.3 is 6.61 Å². The summed E-state index contributed by atoms with van der Waals surface area (Å²) in [4.78, 5) is 6.68. The smallest absolute Gasteiger partial charge is 0.387 e. The predicted molar refractivity (Wildman–Crippen MR) is 102 cm³/mol. The van der Waals surface area contributed by atoms with Crippen LogP contribution in [0.5, 0.6) is 17.2 Å². The lowest BCUT2D eigenvalue weighted by atomic mass is 9.98. The first-order valence-corrected chi connectivity index (χ1v) is 9.63. The number of piperidine rings is 1. The molecule has 2 N–H and O–H groups in total. The van der Waals surface area contributed by atoms with Crippen LogP contribution in [0, 0.1) is 5.92 Å². The molecule has 0 radical (unpaired) electrons. The molecular formula is C19H28F2N4O3. The molecule has 28 heavy (non-hydrogen) atoms. The number of aliphatic imine (C=N–C) groups is 1. The average Bonchev–Trinajstić information content (AvgIpc) is 3.15. The molecule has 2 heterocycles. The molecule has 0 spiro atoms. The van der Waals surface area contributed by atoms with Gasteiger partial charge in [0.05, 0.1) is 0 Å². The first-order chi connectivity index (χ1) is 13.6. The largest absolute Gasteiger partial charge is 0.454 e. The summed E-state index contributed by atoms with van der Waals surface area (Å²) < 4.78 is 40.7. The van der Waals surface area contributed by atoms with Crippen molar-refractivity contribution in [1.29, 1.82) is 0 Å². The molecule has 0 aliphatic carbocycles. The molecule has 1 saturated heterocycles. The van der Waals surface area contributed by atoms with Crippen LogP contribution in [-0.4, -0.2) is 57.5 Å². The van der Waals surface area contributed by atoms with Gasteiger partial charge in [-0.25, -0.2) is 0 Å². The van der Waals surface area contributed by atoms with Gasteiger partial charge in [-0.15, -0.1) is 0 Å². The van der Waals surface area contributed by atoms with E-state index >= 15 is 0 Å². The van der Waals surface area contributed by atoms with E-state index in [9.17, 15) is 8.78 Å². The number of hydrogen-bond donors (Lipinski definition) is 2. The normalized spacial score (nSPS) is 19.8. The topological polar surface area (TPSA) is 67.4 Å². The van der Waals surface area contributed by atoms with Gasteiger partial charge in [0.25, 0.3) is 0 Å². The van der Waals surface area contributed by atoms with Gasteiger partial charge in [0.2, 0.25) is 6.79 Å². The number of nitrogens with one attached hydrogen (secondary N) is 2. The lowest BCUT2D eigenvalue weighted by molar-refractivity contribution is -0.0505. The molecule has 0 saturated carbocycles. The molecule has 0 bridgehead atoms. The van der Waals surface area contributed by atoms with Crippen molar-refractivity contribution in [3.63, 3.8) is 0 Å². The number of fused-ring (bicyclic) bond motifs is 1. The Morgan fingerprint density at radius 3 is 2.82 bits per heavy atom. The van der Waals surface area contributed by atoms with Crippen LogP contribution in [0.4, 0.5) is 8.78 Å². The molecule has 0 amide bonds. The Morgan fingerprint density at radius 2 is 2.11 bits per heavy atom. The number of ether oxygens (including phenoxy) is 3. The van der Waals surface area contributed by atoms with Crippen LogP contribution in [0.25, 0.3) is 0 Å². The average molecular weight is 398 g/mol. The number of alkyl halides is 2. The van der Waals surface area contributed by atoms with Crippen LogP contribution in [0.1, 0.15) is 25.3 Å². The summed E-state index contributed by atoms with van der Waals surface area (Å²) in [6, 6.07) is 3.09. The van der Waals surface area contributed by atoms with Crippen molar-refractivity contribution in [2.24, 2.45) is 10.9 Å². The zero-order valence-corrected chi connectivity index (χ0v) is 16.3. The molecule has 1 atom stereocenters. The van der Waals surface area contributed by atoms with Crippen LogP contribution in [-0.2, 0) is 6.54 Å². The quantitative estimate of drug-likeness (QED) is 0.543. The van der Waals surface area contributed by atoms with Crippen LogP contribution in [0.3, 0.4) is 0 Å². The van der Waals surface area contributed by atoms with E-state index in [1.165, 1.54) is 18.9 Å². The first-order valence-electron chi connectivity index (χ1n) is 9.63. The number of hydrogen-bond acceptors (Lipinski definition) is 5. The minimum atomic E-state index is -2.91. The summed E-state index contributed by atoms with van der Waals surface area (Å²) in [5.41, 5.74) is 0.544. The van der Waals surface area contributed by atoms with Gasteiger partial charge in [-0.05, 0) is 37.9 Å². The Morgan fingerprint density at radius 1 is 1.32 bits per heavy atom. The van der Waals surface area contributed by atoms with Crippen molar-refractivity contribution in [2.45, 2.75) is 32.9 Å². The summed E-state index contributed by atoms with van der Waals surface area (Å²) in [5.74, 6) is 2.17. The molecule has 2 aliphatic rings. The molecule has 3 rings (SSSR count). The van der Waals surface area contributed by atoms with E-state index in [1.807, 2.05) is 0 Å². The summed E-state index contributed by atoms with van der Waals surface area (Å²) in [7, 11) is 1.69. The monoisotopic (exact) mass is 398 g/mol. The van der Waals surface area contributed by atoms with Crippen LogP contribution >= 0.6 is 0 Å². The lowest BCUT2D eigenvalue weighted by Crippen LogP contribution is -2.44. The number of benzene rings is 1. The predicted octanol–water partition coefficient (Wildman–Crippen LogP) is 2.41. The molecule has 0 aromatic heterocycles. The highest BCUT2D eigenvalue weighted by atomic mass is 19.3. The van der Waals surface area contributed by atoms with E-state index in [4.69, 9.17) is 9.47 Å². The molecule has 156 valence electrons. The molecule has 1 unspecified atom stereocenters. The van der Waals surface area contributed by atoms with Crippen LogP contribution in [0.15, 0.2) is 17.1 Å². The SMILES string of the molecule is CCN1CCCC(CNC(=NC)NCc2cc3c(cc2OC(F)F)OCO3)C1. The van der Waals surface area contributed by atoms with Crippen molar-refractivity contribution in [2.75, 3.05) is 40.0 Å².